The Morgan fingerprint density at radius 1 is 0.889 bits per heavy atom. The standard InChI is InChI=1S/C22H42N2O3/c1-4-23(5-2)17-10-11-18-24(19-16-22(26)27-6-3)21(25)15-14-20-12-8-7-9-13-20/h20H,4-19H2,1-3H3. The van der Waals surface area contributed by atoms with E-state index in [0.717, 1.165) is 51.4 Å². The molecule has 0 unspecified atom stereocenters. The maximum absolute atomic E-state index is 12.8. The van der Waals surface area contributed by atoms with Crippen LogP contribution in [0.2, 0.25) is 0 Å². The molecule has 5 nitrogen and oxygen atoms in total. The van der Waals surface area contributed by atoms with E-state index in [4.69, 9.17) is 4.74 Å². The van der Waals surface area contributed by atoms with E-state index in [-0.39, 0.29) is 11.9 Å². The van der Waals surface area contributed by atoms with Crippen molar-refractivity contribution in [3.63, 3.8) is 0 Å². The molecule has 0 heterocycles. The highest BCUT2D eigenvalue weighted by molar-refractivity contribution is 5.77. The van der Waals surface area contributed by atoms with Gasteiger partial charge in [0.05, 0.1) is 13.0 Å². The molecule has 0 atom stereocenters. The molecule has 0 spiro atoms. The van der Waals surface area contributed by atoms with Gasteiger partial charge < -0.3 is 14.5 Å². The first kappa shape index (κ1) is 23.9. The minimum atomic E-state index is -0.203. The van der Waals surface area contributed by atoms with Crippen LogP contribution in [0.4, 0.5) is 0 Å². The monoisotopic (exact) mass is 382 g/mol. The number of rotatable bonds is 14. The van der Waals surface area contributed by atoms with E-state index < -0.39 is 0 Å². The second kappa shape index (κ2) is 14.9. The molecule has 0 saturated heterocycles. The fraction of sp³-hybridized carbons (Fsp3) is 0.909. The molecule has 1 fully saturated rings. The van der Waals surface area contributed by atoms with Crippen molar-refractivity contribution < 1.29 is 14.3 Å². The lowest BCUT2D eigenvalue weighted by Gasteiger charge is -2.26. The van der Waals surface area contributed by atoms with Gasteiger partial charge in [-0.05, 0) is 51.7 Å². The molecule has 0 aromatic heterocycles. The van der Waals surface area contributed by atoms with Crippen LogP contribution in [0.25, 0.3) is 0 Å². The van der Waals surface area contributed by atoms with Gasteiger partial charge in [-0.1, -0.05) is 46.0 Å². The maximum atomic E-state index is 12.8. The Balaban J connectivity index is 2.42. The van der Waals surface area contributed by atoms with Gasteiger partial charge in [-0.25, -0.2) is 0 Å². The van der Waals surface area contributed by atoms with E-state index in [2.05, 4.69) is 18.7 Å². The Kier molecular flexibility index (Phi) is 13.2. The van der Waals surface area contributed by atoms with Gasteiger partial charge in [0.2, 0.25) is 5.91 Å². The number of esters is 1. The lowest BCUT2D eigenvalue weighted by molar-refractivity contribution is -0.144. The first-order chi connectivity index (χ1) is 13.1. The van der Waals surface area contributed by atoms with Crippen LogP contribution in [0.1, 0.15) is 85.0 Å². The smallest absolute Gasteiger partial charge is 0.307 e. The van der Waals surface area contributed by atoms with Crippen LogP contribution < -0.4 is 0 Å². The Labute approximate surface area is 166 Å². The van der Waals surface area contributed by atoms with E-state index in [1.807, 2.05) is 11.8 Å². The molecule has 27 heavy (non-hydrogen) atoms. The SMILES string of the molecule is CCOC(=O)CCN(CCCCN(CC)CC)C(=O)CCC1CCCCC1. The summed E-state index contributed by atoms with van der Waals surface area (Å²) in [6.07, 6.45) is 10.6. The van der Waals surface area contributed by atoms with Crippen LogP contribution in [-0.2, 0) is 14.3 Å². The van der Waals surface area contributed by atoms with Crippen molar-refractivity contribution in [1.82, 2.24) is 9.80 Å². The van der Waals surface area contributed by atoms with E-state index in [1.165, 1.54) is 32.1 Å². The summed E-state index contributed by atoms with van der Waals surface area (Å²) in [4.78, 5) is 28.8. The number of carbonyl (C=O) groups excluding carboxylic acids is 2. The van der Waals surface area contributed by atoms with Gasteiger partial charge in [-0.15, -0.1) is 0 Å². The molecule has 1 aliphatic carbocycles. The van der Waals surface area contributed by atoms with Gasteiger partial charge in [-0.2, -0.15) is 0 Å². The van der Waals surface area contributed by atoms with Gasteiger partial charge in [0.25, 0.3) is 0 Å². The molecular formula is C22H42N2O3. The molecule has 5 heteroatoms. The predicted octanol–water partition coefficient (Wildman–Crippen LogP) is 4.25. The van der Waals surface area contributed by atoms with Crippen molar-refractivity contribution in [3.05, 3.63) is 0 Å². The zero-order chi connectivity index (χ0) is 19.9. The Hall–Kier alpha value is -1.10. The van der Waals surface area contributed by atoms with Gasteiger partial charge in [-0.3, -0.25) is 9.59 Å². The minimum absolute atomic E-state index is 0.203. The quantitative estimate of drug-likeness (QED) is 0.333. The summed E-state index contributed by atoms with van der Waals surface area (Å²) in [5.41, 5.74) is 0. The fourth-order valence-corrected chi connectivity index (χ4v) is 3.96. The summed E-state index contributed by atoms with van der Waals surface area (Å²) in [5, 5.41) is 0. The Morgan fingerprint density at radius 3 is 2.19 bits per heavy atom. The molecule has 1 aliphatic rings. The third kappa shape index (κ3) is 10.7. The summed E-state index contributed by atoms with van der Waals surface area (Å²) in [5.74, 6) is 0.732. The summed E-state index contributed by atoms with van der Waals surface area (Å²) in [7, 11) is 0. The second-order valence-corrected chi connectivity index (χ2v) is 7.71. The van der Waals surface area contributed by atoms with Crippen molar-refractivity contribution in [2.24, 2.45) is 5.92 Å². The molecule has 0 aromatic rings. The largest absolute Gasteiger partial charge is 0.466 e. The maximum Gasteiger partial charge on any atom is 0.307 e. The molecule has 1 saturated carbocycles. The molecule has 0 aliphatic heterocycles. The van der Waals surface area contributed by atoms with Gasteiger partial charge >= 0.3 is 5.97 Å². The first-order valence-electron chi connectivity index (χ1n) is 11.3. The highest BCUT2D eigenvalue weighted by Gasteiger charge is 2.19. The van der Waals surface area contributed by atoms with Crippen LogP contribution in [0.15, 0.2) is 0 Å². The number of unbranched alkanes of at least 4 members (excludes halogenated alkanes) is 1. The van der Waals surface area contributed by atoms with Crippen LogP contribution in [0, 0.1) is 5.92 Å². The Morgan fingerprint density at radius 2 is 1.56 bits per heavy atom. The van der Waals surface area contributed by atoms with Crippen molar-refractivity contribution in [2.45, 2.75) is 85.0 Å². The number of hydrogen-bond acceptors (Lipinski definition) is 4. The second-order valence-electron chi connectivity index (χ2n) is 7.71. The predicted molar refractivity (Wildman–Crippen MR) is 111 cm³/mol. The minimum Gasteiger partial charge on any atom is -0.466 e. The normalized spacial score (nSPS) is 15.1. The lowest BCUT2D eigenvalue weighted by atomic mass is 9.86. The number of carbonyl (C=O) groups is 2. The average Bonchev–Trinajstić information content (AvgIpc) is 2.69. The van der Waals surface area contributed by atoms with Crippen molar-refractivity contribution in [2.75, 3.05) is 39.3 Å². The molecular weight excluding hydrogens is 340 g/mol. The highest BCUT2D eigenvalue weighted by Crippen LogP contribution is 2.27. The molecule has 158 valence electrons. The number of nitrogens with zero attached hydrogens (tertiary/aromatic N) is 2. The molecule has 0 aromatic carbocycles. The molecule has 1 rings (SSSR count). The highest BCUT2D eigenvalue weighted by atomic mass is 16.5. The molecule has 1 amide bonds. The zero-order valence-electron chi connectivity index (χ0n) is 18.0. The van der Waals surface area contributed by atoms with Crippen LogP contribution >= 0.6 is 0 Å². The van der Waals surface area contributed by atoms with Gasteiger partial charge in [0, 0.05) is 19.5 Å². The molecule has 0 bridgehead atoms. The zero-order valence-corrected chi connectivity index (χ0v) is 18.0. The topological polar surface area (TPSA) is 49.9 Å². The van der Waals surface area contributed by atoms with E-state index in [0.29, 0.717) is 26.0 Å². The third-order valence-corrected chi connectivity index (χ3v) is 5.78. The third-order valence-electron chi connectivity index (χ3n) is 5.78. The summed E-state index contributed by atoms with van der Waals surface area (Å²) in [6, 6.07) is 0. The van der Waals surface area contributed by atoms with E-state index >= 15 is 0 Å². The number of hydrogen-bond donors (Lipinski definition) is 0. The summed E-state index contributed by atoms with van der Waals surface area (Å²) < 4.78 is 5.03. The van der Waals surface area contributed by atoms with Crippen LogP contribution in [-0.4, -0.2) is 61.0 Å². The average molecular weight is 383 g/mol. The van der Waals surface area contributed by atoms with Crippen molar-refractivity contribution >= 4 is 11.9 Å². The van der Waals surface area contributed by atoms with Crippen molar-refractivity contribution in [1.29, 1.82) is 0 Å². The molecule has 0 N–H and O–H groups in total. The lowest BCUT2D eigenvalue weighted by Crippen LogP contribution is -2.35. The number of ether oxygens (including phenoxy) is 1. The van der Waals surface area contributed by atoms with Crippen molar-refractivity contribution in [3.8, 4) is 0 Å². The van der Waals surface area contributed by atoms with E-state index in [9.17, 15) is 9.59 Å². The summed E-state index contributed by atoms with van der Waals surface area (Å²) >= 11 is 0. The fourth-order valence-electron chi connectivity index (χ4n) is 3.96. The van der Waals surface area contributed by atoms with Crippen LogP contribution in [0.3, 0.4) is 0 Å². The van der Waals surface area contributed by atoms with E-state index in [1.54, 1.807) is 0 Å². The summed E-state index contributed by atoms with van der Waals surface area (Å²) in [6.45, 7) is 11.1. The van der Waals surface area contributed by atoms with Gasteiger partial charge in [0.1, 0.15) is 0 Å². The van der Waals surface area contributed by atoms with Crippen LogP contribution in [0.5, 0.6) is 0 Å². The van der Waals surface area contributed by atoms with Gasteiger partial charge in [0.15, 0.2) is 0 Å². The number of amides is 1. The Bertz CT molecular complexity index is 404. The first-order valence-corrected chi connectivity index (χ1v) is 11.3. The molecule has 0 radical (unpaired) electrons.